The third-order valence-corrected chi connectivity index (χ3v) is 8.29. The average molecular weight is 537 g/mol. The summed E-state index contributed by atoms with van der Waals surface area (Å²) in [5.74, 6) is -0.448. The number of rotatable bonds is 10. The molecule has 1 aliphatic rings. The summed E-state index contributed by atoms with van der Waals surface area (Å²) in [5, 5.41) is 5.06. The first kappa shape index (κ1) is 27.8. The highest BCUT2D eigenvalue weighted by molar-refractivity contribution is 7.10. The Morgan fingerprint density at radius 3 is 2.37 bits per heavy atom. The molecule has 0 atom stereocenters. The van der Waals surface area contributed by atoms with E-state index >= 15 is 0 Å². The van der Waals surface area contributed by atoms with Crippen LogP contribution in [0.2, 0.25) is 0 Å². The van der Waals surface area contributed by atoms with Crippen molar-refractivity contribution in [2.24, 2.45) is 0 Å². The van der Waals surface area contributed by atoms with E-state index in [1.807, 2.05) is 50.4 Å². The molecule has 202 valence electrons. The molecule has 0 bridgehead atoms. The van der Waals surface area contributed by atoms with Crippen LogP contribution < -0.4 is 5.32 Å². The van der Waals surface area contributed by atoms with Gasteiger partial charge in [0.15, 0.2) is 0 Å². The van der Waals surface area contributed by atoms with Gasteiger partial charge in [0, 0.05) is 30.2 Å². The van der Waals surface area contributed by atoms with Gasteiger partial charge in [-0.1, -0.05) is 24.3 Å². The van der Waals surface area contributed by atoms with Crippen molar-refractivity contribution >= 4 is 29.0 Å². The highest BCUT2D eigenvalue weighted by atomic mass is 32.1. The second kappa shape index (κ2) is 13.0. The predicted molar refractivity (Wildman–Crippen MR) is 152 cm³/mol. The van der Waals surface area contributed by atoms with Crippen LogP contribution in [0, 0.1) is 26.6 Å². The first-order valence-electron chi connectivity index (χ1n) is 13.2. The van der Waals surface area contributed by atoms with Gasteiger partial charge in [0.1, 0.15) is 12.4 Å². The lowest BCUT2D eigenvalue weighted by Crippen LogP contribution is -2.46. The number of hydrogen-bond donors (Lipinski definition) is 1. The first-order chi connectivity index (χ1) is 18.3. The number of hydrogen-bond acceptors (Lipinski definition) is 4. The van der Waals surface area contributed by atoms with Crippen molar-refractivity contribution in [3.05, 3.63) is 86.9 Å². The van der Waals surface area contributed by atoms with Crippen LogP contribution >= 0.6 is 11.3 Å². The number of halogens is 1. The fourth-order valence-electron chi connectivity index (χ4n) is 4.65. The van der Waals surface area contributed by atoms with E-state index in [2.05, 4.69) is 10.2 Å². The Kier molecular flexibility index (Phi) is 9.53. The number of aryl methyl sites for hydroxylation is 2. The maximum Gasteiger partial charge on any atom is 0.322 e. The molecular weight excluding hydrogens is 499 g/mol. The summed E-state index contributed by atoms with van der Waals surface area (Å²) in [4.78, 5) is 34.1. The predicted octanol–water partition coefficient (Wildman–Crippen LogP) is 5.97. The molecule has 1 saturated heterocycles. The first-order valence-corrected chi connectivity index (χ1v) is 14.1. The number of nitrogens with zero attached hydrogens (tertiary/aromatic N) is 3. The van der Waals surface area contributed by atoms with Gasteiger partial charge in [0.05, 0.1) is 6.54 Å². The number of urea groups is 1. The topological polar surface area (TPSA) is 55.9 Å². The zero-order valence-corrected chi connectivity index (χ0v) is 23.3. The van der Waals surface area contributed by atoms with E-state index in [-0.39, 0.29) is 24.3 Å². The van der Waals surface area contributed by atoms with E-state index in [0.29, 0.717) is 19.6 Å². The SMILES string of the molecule is Cc1ccsc1CN(Cc1ccc(F)cc1)C(=O)CN(CCN1CCCC1)C(=O)Nc1cccc(C)c1C. The summed E-state index contributed by atoms with van der Waals surface area (Å²) in [5.41, 5.74) is 4.84. The number of amides is 3. The molecule has 2 heterocycles. The van der Waals surface area contributed by atoms with Crippen LogP contribution in [-0.2, 0) is 17.9 Å². The lowest BCUT2D eigenvalue weighted by molar-refractivity contribution is -0.133. The van der Waals surface area contributed by atoms with Gasteiger partial charge in [-0.2, -0.15) is 0 Å². The Balaban J connectivity index is 1.53. The number of likely N-dealkylation sites (tertiary alicyclic amines) is 1. The molecule has 0 saturated carbocycles. The summed E-state index contributed by atoms with van der Waals surface area (Å²) in [6.07, 6.45) is 2.33. The Labute approximate surface area is 229 Å². The standard InChI is InChI=1S/C30H37FN4O2S/c1-22-7-6-8-27(24(22)3)32-30(37)34(17-16-33-14-4-5-15-33)21-29(36)35(20-28-23(2)13-18-38-28)19-25-9-11-26(31)12-10-25/h6-13,18H,4-5,14-17,19-21H2,1-3H3,(H,32,37). The molecule has 0 radical (unpaired) electrons. The molecule has 0 spiro atoms. The minimum Gasteiger partial charge on any atom is -0.332 e. The Morgan fingerprint density at radius 2 is 1.68 bits per heavy atom. The van der Waals surface area contributed by atoms with Gasteiger partial charge in [-0.15, -0.1) is 11.3 Å². The molecule has 1 fully saturated rings. The molecule has 8 heteroatoms. The van der Waals surface area contributed by atoms with Crippen LogP contribution in [0.15, 0.2) is 53.9 Å². The van der Waals surface area contributed by atoms with Crippen molar-refractivity contribution in [2.45, 2.75) is 46.7 Å². The van der Waals surface area contributed by atoms with Gasteiger partial charge in [0.2, 0.25) is 5.91 Å². The highest BCUT2D eigenvalue weighted by Gasteiger charge is 2.24. The van der Waals surface area contributed by atoms with Crippen LogP contribution in [0.3, 0.4) is 0 Å². The minimum absolute atomic E-state index is 0.0316. The summed E-state index contributed by atoms with van der Waals surface area (Å²) in [6.45, 7) is 10.0. The number of thiophene rings is 1. The number of carbonyl (C=O) groups is 2. The summed E-state index contributed by atoms with van der Waals surface area (Å²) in [6, 6.07) is 13.8. The van der Waals surface area contributed by atoms with Crippen molar-refractivity contribution < 1.29 is 14.0 Å². The van der Waals surface area contributed by atoms with Gasteiger partial charge in [-0.3, -0.25) is 4.79 Å². The van der Waals surface area contributed by atoms with E-state index in [1.54, 1.807) is 33.3 Å². The zero-order valence-electron chi connectivity index (χ0n) is 22.5. The molecule has 0 unspecified atom stereocenters. The molecular formula is C30H37FN4O2S. The monoisotopic (exact) mass is 536 g/mol. The van der Waals surface area contributed by atoms with Gasteiger partial charge in [-0.25, -0.2) is 9.18 Å². The molecule has 3 amide bonds. The van der Waals surface area contributed by atoms with Crippen LogP contribution in [0.1, 0.15) is 40.0 Å². The van der Waals surface area contributed by atoms with Crippen LogP contribution in [0.5, 0.6) is 0 Å². The Morgan fingerprint density at radius 1 is 0.947 bits per heavy atom. The lowest BCUT2D eigenvalue weighted by Gasteiger charge is -2.29. The fourth-order valence-corrected chi connectivity index (χ4v) is 5.57. The Hall–Kier alpha value is -3.23. The average Bonchev–Trinajstić information content (AvgIpc) is 3.57. The van der Waals surface area contributed by atoms with Crippen LogP contribution in [0.4, 0.5) is 14.9 Å². The van der Waals surface area contributed by atoms with E-state index < -0.39 is 0 Å². The van der Waals surface area contributed by atoms with E-state index in [9.17, 15) is 14.0 Å². The number of benzene rings is 2. The minimum atomic E-state index is -0.308. The van der Waals surface area contributed by atoms with Crippen molar-refractivity contribution in [2.75, 3.05) is 38.0 Å². The molecule has 1 aliphatic heterocycles. The van der Waals surface area contributed by atoms with Crippen molar-refractivity contribution in [1.82, 2.24) is 14.7 Å². The van der Waals surface area contributed by atoms with E-state index in [1.165, 1.54) is 25.0 Å². The number of carbonyl (C=O) groups excluding carboxylic acids is 2. The van der Waals surface area contributed by atoms with Crippen LogP contribution in [-0.4, -0.2) is 59.4 Å². The van der Waals surface area contributed by atoms with Crippen molar-refractivity contribution in [3.8, 4) is 0 Å². The van der Waals surface area contributed by atoms with E-state index in [0.717, 1.165) is 52.5 Å². The highest BCUT2D eigenvalue weighted by Crippen LogP contribution is 2.21. The quantitative estimate of drug-likeness (QED) is 0.347. The molecule has 0 aliphatic carbocycles. The molecule has 4 rings (SSSR count). The third-order valence-electron chi connectivity index (χ3n) is 7.29. The maximum absolute atomic E-state index is 13.8. The van der Waals surface area contributed by atoms with Gasteiger partial charge < -0.3 is 20.0 Å². The van der Waals surface area contributed by atoms with E-state index in [4.69, 9.17) is 0 Å². The van der Waals surface area contributed by atoms with Crippen molar-refractivity contribution in [3.63, 3.8) is 0 Å². The number of nitrogens with one attached hydrogen (secondary N) is 1. The Bertz CT molecular complexity index is 1240. The maximum atomic E-state index is 13.8. The summed E-state index contributed by atoms with van der Waals surface area (Å²) < 4.78 is 13.5. The second-order valence-corrected chi connectivity index (χ2v) is 11.1. The zero-order chi connectivity index (χ0) is 27.1. The summed E-state index contributed by atoms with van der Waals surface area (Å²) >= 11 is 1.61. The van der Waals surface area contributed by atoms with Crippen molar-refractivity contribution in [1.29, 1.82) is 0 Å². The largest absolute Gasteiger partial charge is 0.332 e. The smallest absolute Gasteiger partial charge is 0.322 e. The van der Waals surface area contributed by atoms with Gasteiger partial charge >= 0.3 is 6.03 Å². The van der Waals surface area contributed by atoms with Gasteiger partial charge in [-0.05, 0) is 98.6 Å². The normalized spacial score (nSPS) is 13.5. The summed E-state index contributed by atoms with van der Waals surface area (Å²) in [7, 11) is 0. The molecule has 1 N–H and O–H groups in total. The number of anilines is 1. The lowest BCUT2D eigenvalue weighted by atomic mass is 10.1. The molecule has 2 aromatic carbocycles. The molecule has 1 aromatic heterocycles. The molecule has 3 aromatic rings. The second-order valence-electron chi connectivity index (χ2n) is 10.1. The fraction of sp³-hybridized carbons (Fsp3) is 0.400. The van der Waals surface area contributed by atoms with Crippen LogP contribution in [0.25, 0.3) is 0 Å². The third kappa shape index (κ3) is 7.42. The molecule has 38 heavy (non-hydrogen) atoms. The molecule has 6 nitrogen and oxygen atoms in total. The van der Waals surface area contributed by atoms with Gasteiger partial charge in [0.25, 0.3) is 0 Å².